The normalized spacial score (nSPS) is 13.2. The summed E-state index contributed by atoms with van der Waals surface area (Å²) in [6, 6.07) is 16.0. The van der Waals surface area contributed by atoms with Crippen molar-refractivity contribution in [1.29, 1.82) is 0 Å². The molecule has 1 amide bonds. The number of fused-ring (bicyclic) bond motifs is 3. The molecule has 5 rings (SSSR count). The van der Waals surface area contributed by atoms with Crippen molar-refractivity contribution in [3.05, 3.63) is 70.4 Å². The summed E-state index contributed by atoms with van der Waals surface area (Å²) < 4.78 is 1.15. The van der Waals surface area contributed by atoms with Crippen LogP contribution in [0.1, 0.15) is 33.0 Å². The fourth-order valence-electron chi connectivity index (χ4n) is 3.71. The van der Waals surface area contributed by atoms with Crippen molar-refractivity contribution in [1.82, 2.24) is 15.3 Å². The van der Waals surface area contributed by atoms with Gasteiger partial charge < -0.3 is 5.32 Å². The van der Waals surface area contributed by atoms with Crippen LogP contribution in [-0.2, 0) is 19.4 Å². The molecule has 0 bridgehead atoms. The van der Waals surface area contributed by atoms with Gasteiger partial charge in [-0.1, -0.05) is 30.3 Å². The van der Waals surface area contributed by atoms with Gasteiger partial charge in [-0.3, -0.25) is 9.78 Å². The summed E-state index contributed by atoms with van der Waals surface area (Å²) in [4.78, 5) is 22.4. The molecular weight excluding hydrogens is 342 g/mol. The van der Waals surface area contributed by atoms with Crippen LogP contribution in [0.5, 0.6) is 0 Å². The third-order valence-electron chi connectivity index (χ3n) is 4.88. The lowest BCUT2D eigenvalue weighted by atomic mass is 10.0. The van der Waals surface area contributed by atoms with Gasteiger partial charge in [-0.2, -0.15) is 0 Å². The quantitative estimate of drug-likeness (QED) is 0.594. The van der Waals surface area contributed by atoms with Gasteiger partial charge in [0.1, 0.15) is 5.01 Å². The average Bonchev–Trinajstić information content (AvgIpc) is 3.30. The number of rotatable bonds is 3. The second-order valence-corrected chi connectivity index (χ2v) is 7.66. The number of aryl methyl sites for hydroxylation is 1. The highest BCUT2D eigenvalue weighted by Crippen LogP contribution is 2.30. The summed E-state index contributed by atoms with van der Waals surface area (Å²) in [7, 11) is 0. The number of hydrogen-bond donors (Lipinski definition) is 1. The minimum Gasteiger partial charge on any atom is -0.345 e. The maximum absolute atomic E-state index is 13.0. The smallest absolute Gasteiger partial charge is 0.252 e. The van der Waals surface area contributed by atoms with Crippen molar-refractivity contribution in [2.45, 2.75) is 25.8 Å². The van der Waals surface area contributed by atoms with Crippen molar-refractivity contribution in [2.75, 3.05) is 0 Å². The number of nitrogens with zero attached hydrogens (tertiary/aromatic N) is 2. The van der Waals surface area contributed by atoms with Gasteiger partial charge in [0.05, 0.1) is 27.8 Å². The molecule has 2 heterocycles. The topological polar surface area (TPSA) is 54.9 Å². The van der Waals surface area contributed by atoms with E-state index in [4.69, 9.17) is 4.98 Å². The summed E-state index contributed by atoms with van der Waals surface area (Å²) in [6.07, 6.45) is 2.95. The zero-order chi connectivity index (χ0) is 17.5. The van der Waals surface area contributed by atoms with E-state index in [1.54, 1.807) is 11.3 Å². The number of hydrogen-bond acceptors (Lipinski definition) is 4. The van der Waals surface area contributed by atoms with Gasteiger partial charge >= 0.3 is 0 Å². The molecule has 0 atom stereocenters. The molecule has 2 aromatic carbocycles. The standard InChI is InChI=1S/C21H17N3OS/c25-21(22-12-19-24-17-9-3-4-11-18(17)26-19)20-13-6-1-2-8-15(13)23-16-10-5-7-14(16)20/h1-4,6,8-9,11H,5,7,10,12H2,(H,22,25). The van der Waals surface area contributed by atoms with Gasteiger partial charge in [-0.15, -0.1) is 11.3 Å². The number of pyridine rings is 1. The highest BCUT2D eigenvalue weighted by Gasteiger charge is 2.23. The van der Waals surface area contributed by atoms with Crippen molar-refractivity contribution in [3.8, 4) is 0 Å². The molecular formula is C21H17N3OS. The largest absolute Gasteiger partial charge is 0.345 e. The van der Waals surface area contributed by atoms with E-state index in [2.05, 4.69) is 16.4 Å². The lowest BCUT2D eigenvalue weighted by Crippen LogP contribution is -2.24. The Hall–Kier alpha value is -2.79. The maximum atomic E-state index is 13.0. The minimum absolute atomic E-state index is 0.0268. The second kappa shape index (κ2) is 6.18. The summed E-state index contributed by atoms with van der Waals surface area (Å²) in [5, 5.41) is 4.94. The molecule has 5 heteroatoms. The Labute approximate surface area is 154 Å². The van der Waals surface area contributed by atoms with E-state index >= 15 is 0 Å². The summed E-state index contributed by atoms with van der Waals surface area (Å²) in [6.45, 7) is 0.448. The molecule has 0 radical (unpaired) electrons. The van der Waals surface area contributed by atoms with Gasteiger partial charge in [0.15, 0.2) is 0 Å². The molecule has 0 saturated heterocycles. The lowest BCUT2D eigenvalue weighted by molar-refractivity contribution is 0.0951. The molecule has 1 aliphatic rings. The van der Waals surface area contributed by atoms with E-state index in [1.807, 2.05) is 42.5 Å². The number of carbonyl (C=O) groups is 1. The lowest BCUT2D eigenvalue weighted by Gasteiger charge is -2.12. The predicted octanol–water partition coefficient (Wildman–Crippen LogP) is 4.26. The third kappa shape index (κ3) is 2.56. The van der Waals surface area contributed by atoms with Crippen LogP contribution in [0.4, 0.5) is 0 Å². The van der Waals surface area contributed by atoms with Gasteiger partial charge in [-0.25, -0.2) is 4.98 Å². The van der Waals surface area contributed by atoms with Crippen LogP contribution in [0.2, 0.25) is 0 Å². The minimum atomic E-state index is -0.0268. The number of para-hydroxylation sites is 2. The summed E-state index contributed by atoms with van der Waals surface area (Å²) in [5.74, 6) is -0.0268. The summed E-state index contributed by atoms with van der Waals surface area (Å²) in [5.41, 5.74) is 4.87. The van der Waals surface area contributed by atoms with Crippen LogP contribution in [0.15, 0.2) is 48.5 Å². The molecule has 1 aliphatic carbocycles. The Kier molecular flexibility index (Phi) is 3.68. The average molecular weight is 359 g/mol. The Morgan fingerprint density at radius 1 is 1.00 bits per heavy atom. The van der Waals surface area contributed by atoms with Gasteiger partial charge in [-0.05, 0) is 43.0 Å². The second-order valence-electron chi connectivity index (χ2n) is 6.54. The van der Waals surface area contributed by atoms with Crippen molar-refractivity contribution < 1.29 is 4.79 Å². The molecule has 26 heavy (non-hydrogen) atoms. The van der Waals surface area contributed by atoms with Crippen LogP contribution in [0.25, 0.3) is 21.1 Å². The first-order valence-electron chi connectivity index (χ1n) is 8.83. The molecule has 4 nitrogen and oxygen atoms in total. The molecule has 0 aliphatic heterocycles. The van der Waals surface area contributed by atoms with Gasteiger partial charge in [0, 0.05) is 11.1 Å². The van der Waals surface area contributed by atoms with E-state index in [0.29, 0.717) is 6.54 Å². The van der Waals surface area contributed by atoms with Crippen molar-refractivity contribution in [2.24, 2.45) is 0 Å². The zero-order valence-corrected chi connectivity index (χ0v) is 15.0. The van der Waals surface area contributed by atoms with Crippen molar-refractivity contribution >= 4 is 38.4 Å². The number of amides is 1. The number of aromatic nitrogens is 2. The third-order valence-corrected chi connectivity index (χ3v) is 5.92. The SMILES string of the molecule is O=C(NCc1nc2ccccc2s1)c1c2c(nc3ccccc13)CCC2. The van der Waals surface area contributed by atoms with E-state index in [1.165, 1.54) is 0 Å². The van der Waals surface area contributed by atoms with E-state index < -0.39 is 0 Å². The van der Waals surface area contributed by atoms with Crippen LogP contribution in [0, 0.1) is 0 Å². The molecule has 128 valence electrons. The Morgan fingerprint density at radius 2 is 1.81 bits per heavy atom. The Morgan fingerprint density at radius 3 is 2.69 bits per heavy atom. The fourth-order valence-corrected chi connectivity index (χ4v) is 4.62. The molecule has 0 unspecified atom stereocenters. The van der Waals surface area contributed by atoms with Crippen molar-refractivity contribution in [3.63, 3.8) is 0 Å². The zero-order valence-electron chi connectivity index (χ0n) is 14.2. The van der Waals surface area contributed by atoms with Crippen LogP contribution < -0.4 is 5.32 Å². The Balaban J connectivity index is 1.48. The number of carbonyl (C=O) groups excluding carboxylic acids is 1. The number of nitrogens with one attached hydrogen (secondary N) is 1. The molecule has 1 N–H and O–H groups in total. The fraction of sp³-hybridized carbons (Fsp3) is 0.190. The predicted molar refractivity (Wildman–Crippen MR) is 105 cm³/mol. The van der Waals surface area contributed by atoms with E-state index in [0.717, 1.165) is 62.2 Å². The molecule has 2 aromatic heterocycles. The Bertz CT molecular complexity index is 1120. The first-order chi connectivity index (χ1) is 12.8. The molecule has 0 fully saturated rings. The van der Waals surface area contributed by atoms with Gasteiger partial charge in [0.2, 0.25) is 0 Å². The highest BCUT2D eigenvalue weighted by atomic mass is 32.1. The number of thiazole rings is 1. The van der Waals surface area contributed by atoms with Crippen LogP contribution in [-0.4, -0.2) is 15.9 Å². The van der Waals surface area contributed by atoms with Gasteiger partial charge in [0.25, 0.3) is 5.91 Å². The first-order valence-corrected chi connectivity index (χ1v) is 9.64. The van der Waals surface area contributed by atoms with Crippen LogP contribution in [0.3, 0.4) is 0 Å². The maximum Gasteiger partial charge on any atom is 0.252 e. The van der Waals surface area contributed by atoms with E-state index in [-0.39, 0.29) is 5.91 Å². The molecule has 0 saturated carbocycles. The summed E-state index contributed by atoms with van der Waals surface area (Å²) >= 11 is 1.63. The first kappa shape index (κ1) is 15.5. The molecule has 0 spiro atoms. The number of benzene rings is 2. The molecule has 4 aromatic rings. The van der Waals surface area contributed by atoms with E-state index in [9.17, 15) is 4.79 Å². The van der Waals surface area contributed by atoms with Crippen LogP contribution >= 0.6 is 11.3 Å². The monoisotopic (exact) mass is 359 g/mol. The highest BCUT2D eigenvalue weighted by molar-refractivity contribution is 7.18.